The molecular weight excluding hydrogens is 236 g/mol. The van der Waals surface area contributed by atoms with Gasteiger partial charge in [-0.25, -0.2) is 0 Å². The fourth-order valence-electron chi connectivity index (χ4n) is 2.94. The van der Waals surface area contributed by atoms with Gasteiger partial charge in [-0.15, -0.1) is 0 Å². The number of hydrogen-bond acceptors (Lipinski definition) is 3. The van der Waals surface area contributed by atoms with Crippen LogP contribution in [0.2, 0.25) is 0 Å². The molecule has 1 aliphatic heterocycles. The van der Waals surface area contributed by atoms with Crippen molar-refractivity contribution in [1.82, 2.24) is 10.2 Å². The Kier molecular flexibility index (Phi) is 4.04. The average Bonchev–Trinajstić information content (AvgIpc) is 3.20. The molecule has 2 fully saturated rings. The van der Waals surface area contributed by atoms with Crippen LogP contribution in [-0.2, 0) is 6.42 Å². The maximum atomic E-state index is 5.17. The normalized spacial score (nSPS) is 23.7. The molecule has 1 heterocycles. The van der Waals surface area contributed by atoms with Crippen molar-refractivity contribution in [3.05, 3.63) is 29.8 Å². The molecule has 0 aromatic heterocycles. The smallest absolute Gasteiger partial charge is 0.118 e. The number of nitrogens with one attached hydrogen (secondary N) is 1. The van der Waals surface area contributed by atoms with Crippen molar-refractivity contribution in [2.24, 2.45) is 0 Å². The predicted octanol–water partition coefficient (Wildman–Crippen LogP) is 2.06. The Hall–Kier alpha value is -1.06. The van der Waals surface area contributed by atoms with E-state index in [9.17, 15) is 0 Å². The lowest BCUT2D eigenvalue weighted by atomic mass is 10.1. The van der Waals surface area contributed by atoms with E-state index in [0.717, 1.165) is 24.8 Å². The summed E-state index contributed by atoms with van der Waals surface area (Å²) in [5, 5.41) is 3.70. The van der Waals surface area contributed by atoms with E-state index in [2.05, 4.69) is 22.3 Å². The summed E-state index contributed by atoms with van der Waals surface area (Å²) >= 11 is 0. The second kappa shape index (κ2) is 5.93. The van der Waals surface area contributed by atoms with Gasteiger partial charge >= 0.3 is 0 Å². The van der Waals surface area contributed by atoms with E-state index in [1.165, 1.54) is 37.9 Å². The monoisotopic (exact) mass is 260 g/mol. The number of ether oxygens (including phenoxy) is 1. The van der Waals surface area contributed by atoms with Crippen molar-refractivity contribution < 1.29 is 4.74 Å². The summed E-state index contributed by atoms with van der Waals surface area (Å²) in [6, 6.07) is 10.0. The standard InChI is InChI=1S/C16H24N2O/c1-19-16-6-2-13(3-7-16)8-10-17-14-9-11-18(12-14)15-4-5-15/h2-3,6-7,14-15,17H,4-5,8-12H2,1H3. The summed E-state index contributed by atoms with van der Waals surface area (Å²) < 4.78 is 5.17. The van der Waals surface area contributed by atoms with Crippen LogP contribution in [0.25, 0.3) is 0 Å². The van der Waals surface area contributed by atoms with Crippen molar-refractivity contribution in [3.8, 4) is 5.75 Å². The van der Waals surface area contributed by atoms with Crippen molar-refractivity contribution in [3.63, 3.8) is 0 Å². The fourth-order valence-corrected chi connectivity index (χ4v) is 2.94. The van der Waals surface area contributed by atoms with Crippen LogP contribution >= 0.6 is 0 Å². The maximum absolute atomic E-state index is 5.17. The lowest BCUT2D eigenvalue weighted by Gasteiger charge is -2.15. The molecule has 3 heteroatoms. The van der Waals surface area contributed by atoms with Gasteiger partial charge in [0.2, 0.25) is 0 Å². The molecule has 1 saturated carbocycles. The zero-order valence-electron chi connectivity index (χ0n) is 11.8. The Morgan fingerprint density at radius 1 is 1.21 bits per heavy atom. The van der Waals surface area contributed by atoms with E-state index in [4.69, 9.17) is 4.74 Å². The van der Waals surface area contributed by atoms with Gasteiger partial charge < -0.3 is 10.1 Å². The highest BCUT2D eigenvalue weighted by Crippen LogP contribution is 2.29. The molecule has 1 atom stereocenters. The molecule has 3 nitrogen and oxygen atoms in total. The minimum Gasteiger partial charge on any atom is -0.497 e. The van der Waals surface area contributed by atoms with Crippen molar-refractivity contribution in [2.45, 2.75) is 37.8 Å². The molecule has 1 aliphatic carbocycles. The predicted molar refractivity (Wildman–Crippen MR) is 77.7 cm³/mol. The molecule has 19 heavy (non-hydrogen) atoms. The van der Waals surface area contributed by atoms with Gasteiger partial charge in [-0.2, -0.15) is 0 Å². The van der Waals surface area contributed by atoms with E-state index in [-0.39, 0.29) is 0 Å². The highest BCUT2D eigenvalue weighted by molar-refractivity contribution is 5.27. The van der Waals surface area contributed by atoms with Gasteiger partial charge in [-0.3, -0.25) is 4.90 Å². The number of hydrogen-bond donors (Lipinski definition) is 1. The van der Waals surface area contributed by atoms with E-state index >= 15 is 0 Å². The number of rotatable bonds is 6. The number of methoxy groups -OCH3 is 1. The Morgan fingerprint density at radius 3 is 2.68 bits per heavy atom. The molecule has 0 spiro atoms. The van der Waals surface area contributed by atoms with Gasteiger partial charge in [-0.1, -0.05) is 12.1 Å². The van der Waals surface area contributed by atoms with Crippen molar-refractivity contribution in [1.29, 1.82) is 0 Å². The Labute approximate surface area is 115 Å². The molecule has 0 radical (unpaired) electrons. The first-order valence-corrected chi connectivity index (χ1v) is 7.45. The van der Waals surface area contributed by atoms with E-state index in [1.807, 2.05) is 12.1 Å². The quantitative estimate of drug-likeness (QED) is 0.847. The third-order valence-electron chi connectivity index (χ3n) is 4.29. The first-order chi connectivity index (χ1) is 9.35. The lowest BCUT2D eigenvalue weighted by Crippen LogP contribution is -2.34. The fraction of sp³-hybridized carbons (Fsp3) is 0.625. The lowest BCUT2D eigenvalue weighted by molar-refractivity contribution is 0.318. The number of likely N-dealkylation sites (tertiary alicyclic amines) is 1. The Morgan fingerprint density at radius 2 is 2.00 bits per heavy atom. The van der Waals surface area contributed by atoms with Gasteiger partial charge in [0.05, 0.1) is 7.11 Å². The van der Waals surface area contributed by atoms with E-state index < -0.39 is 0 Å². The van der Waals surface area contributed by atoms with Crippen LogP contribution in [-0.4, -0.2) is 43.7 Å². The summed E-state index contributed by atoms with van der Waals surface area (Å²) in [6.07, 6.45) is 5.28. The van der Waals surface area contributed by atoms with Crippen LogP contribution < -0.4 is 10.1 Å². The highest BCUT2D eigenvalue weighted by Gasteiger charge is 2.33. The molecule has 3 rings (SSSR count). The van der Waals surface area contributed by atoms with Crippen molar-refractivity contribution in [2.75, 3.05) is 26.7 Å². The van der Waals surface area contributed by atoms with Crippen LogP contribution in [0.4, 0.5) is 0 Å². The third-order valence-corrected chi connectivity index (χ3v) is 4.29. The zero-order chi connectivity index (χ0) is 13.1. The van der Waals surface area contributed by atoms with Gasteiger partial charge in [0, 0.05) is 25.2 Å². The topological polar surface area (TPSA) is 24.5 Å². The second-order valence-electron chi connectivity index (χ2n) is 5.76. The number of benzene rings is 1. The van der Waals surface area contributed by atoms with Gasteiger partial charge in [0.25, 0.3) is 0 Å². The minimum atomic E-state index is 0.707. The summed E-state index contributed by atoms with van der Waals surface area (Å²) in [5.74, 6) is 0.938. The summed E-state index contributed by atoms with van der Waals surface area (Å²) in [6.45, 7) is 3.63. The molecule has 1 aromatic carbocycles. The summed E-state index contributed by atoms with van der Waals surface area (Å²) in [5.41, 5.74) is 1.38. The molecule has 1 aromatic rings. The molecule has 1 saturated heterocycles. The molecular formula is C16H24N2O. The van der Waals surface area contributed by atoms with Crippen LogP contribution in [0, 0.1) is 0 Å². The molecule has 1 unspecified atom stereocenters. The molecule has 104 valence electrons. The first kappa shape index (κ1) is 12.9. The highest BCUT2D eigenvalue weighted by atomic mass is 16.5. The van der Waals surface area contributed by atoms with Crippen molar-refractivity contribution >= 4 is 0 Å². The van der Waals surface area contributed by atoms with Crippen LogP contribution in [0.5, 0.6) is 5.75 Å². The largest absolute Gasteiger partial charge is 0.497 e. The maximum Gasteiger partial charge on any atom is 0.118 e. The van der Waals surface area contributed by atoms with E-state index in [1.54, 1.807) is 7.11 Å². The van der Waals surface area contributed by atoms with Gasteiger partial charge in [-0.05, 0) is 49.9 Å². The van der Waals surface area contributed by atoms with Crippen LogP contribution in [0.1, 0.15) is 24.8 Å². The summed E-state index contributed by atoms with van der Waals surface area (Å²) in [7, 11) is 1.71. The molecule has 2 aliphatic rings. The zero-order valence-corrected chi connectivity index (χ0v) is 11.8. The van der Waals surface area contributed by atoms with E-state index in [0.29, 0.717) is 6.04 Å². The average molecular weight is 260 g/mol. The third kappa shape index (κ3) is 3.48. The Balaban J connectivity index is 1.38. The second-order valence-corrected chi connectivity index (χ2v) is 5.76. The van der Waals surface area contributed by atoms with Crippen LogP contribution in [0.15, 0.2) is 24.3 Å². The first-order valence-electron chi connectivity index (χ1n) is 7.45. The molecule has 1 N–H and O–H groups in total. The van der Waals surface area contributed by atoms with Gasteiger partial charge in [0.15, 0.2) is 0 Å². The number of nitrogens with zero attached hydrogens (tertiary/aromatic N) is 1. The SMILES string of the molecule is COc1ccc(CCNC2CCN(C3CC3)C2)cc1. The molecule has 0 amide bonds. The minimum absolute atomic E-state index is 0.707. The van der Waals surface area contributed by atoms with Crippen LogP contribution in [0.3, 0.4) is 0 Å². The Bertz CT molecular complexity index is 400. The van der Waals surface area contributed by atoms with Gasteiger partial charge in [0.1, 0.15) is 5.75 Å². The summed E-state index contributed by atoms with van der Waals surface area (Å²) in [4.78, 5) is 2.66. The molecule has 0 bridgehead atoms.